The molecule has 2 aromatic heterocycles. The van der Waals surface area contributed by atoms with E-state index in [1.165, 1.54) is 6.07 Å². The number of hydrogen-bond donors (Lipinski definition) is 2. The van der Waals surface area contributed by atoms with Crippen LogP contribution >= 0.6 is 23.2 Å². The fourth-order valence-corrected chi connectivity index (χ4v) is 2.50. The number of aromatic nitrogens is 2. The zero-order valence-electron chi connectivity index (χ0n) is 12.3. The second kappa shape index (κ2) is 6.70. The first-order chi connectivity index (χ1) is 11.4. The van der Waals surface area contributed by atoms with Gasteiger partial charge in [0.1, 0.15) is 15.7 Å². The average Bonchev–Trinajstić information content (AvgIpc) is 3.34. The molecule has 1 fully saturated rings. The Morgan fingerprint density at radius 1 is 1.42 bits per heavy atom. The lowest BCUT2D eigenvalue weighted by Gasteiger charge is -2.11. The highest BCUT2D eigenvalue weighted by molar-refractivity contribution is 6.39. The molecule has 1 aliphatic rings. The maximum Gasteiger partial charge on any atom is 0.274 e. The van der Waals surface area contributed by atoms with Crippen LogP contribution in [-0.4, -0.2) is 22.6 Å². The monoisotopic (exact) mass is 369 g/mol. The summed E-state index contributed by atoms with van der Waals surface area (Å²) in [5.74, 6) is -0.0608. The van der Waals surface area contributed by atoms with Gasteiger partial charge in [0.25, 0.3) is 5.91 Å². The van der Waals surface area contributed by atoms with E-state index in [0.717, 1.165) is 31.4 Å². The molecular formula is C15H13Cl2N3O4. The van der Waals surface area contributed by atoms with Crippen LogP contribution in [0, 0.1) is 11.1 Å². The normalized spacial score (nSPS) is 13.6. The van der Waals surface area contributed by atoms with Crippen molar-refractivity contribution in [3.05, 3.63) is 45.6 Å². The molecule has 1 amide bonds. The molecule has 126 valence electrons. The van der Waals surface area contributed by atoms with E-state index in [-0.39, 0.29) is 32.9 Å². The van der Waals surface area contributed by atoms with Gasteiger partial charge < -0.3 is 20.4 Å². The molecule has 9 heteroatoms. The molecule has 3 rings (SSSR count). The lowest BCUT2D eigenvalue weighted by molar-refractivity contribution is -0.605. The molecule has 0 saturated heterocycles. The SMILES string of the molecule is O=C(Nc1c(Cl)c[n+]([O-])cc1Cl)c1cc(OCC2CC2)c(O)cn1. The standard InChI is InChI=1S/C15H13Cl2N3O4/c16-9-5-20(23)6-10(17)14(9)19-15(22)11-3-13(12(21)4-18-11)24-7-8-1-2-8/h3-6,8,21H,1-2,7H2,(H,19,22). The molecule has 0 atom stereocenters. The number of aromatic hydroxyl groups is 1. The molecule has 1 aliphatic carbocycles. The van der Waals surface area contributed by atoms with E-state index >= 15 is 0 Å². The van der Waals surface area contributed by atoms with Crippen LogP contribution in [0.5, 0.6) is 11.5 Å². The number of pyridine rings is 2. The number of ether oxygens (including phenoxy) is 1. The van der Waals surface area contributed by atoms with E-state index in [1.807, 2.05) is 0 Å². The minimum Gasteiger partial charge on any atom is -0.619 e. The van der Waals surface area contributed by atoms with Gasteiger partial charge in [-0.15, -0.1) is 0 Å². The predicted molar refractivity (Wildman–Crippen MR) is 87.5 cm³/mol. The van der Waals surface area contributed by atoms with Crippen molar-refractivity contribution in [2.45, 2.75) is 12.8 Å². The van der Waals surface area contributed by atoms with Gasteiger partial charge in [0.2, 0.25) is 12.4 Å². The van der Waals surface area contributed by atoms with Gasteiger partial charge in [-0.05, 0) is 18.8 Å². The van der Waals surface area contributed by atoms with Crippen LogP contribution in [0.1, 0.15) is 23.3 Å². The average molecular weight is 370 g/mol. The van der Waals surface area contributed by atoms with E-state index in [2.05, 4.69) is 10.3 Å². The van der Waals surface area contributed by atoms with Gasteiger partial charge in [0, 0.05) is 6.07 Å². The Morgan fingerprint density at radius 2 is 2.08 bits per heavy atom. The molecule has 0 bridgehead atoms. The molecule has 2 heterocycles. The van der Waals surface area contributed by atoms with Gasteiger partial charge >= 0.3 is 0 Å². The summed E-state index contributed by atoms with van der Waals surface area (Å²) in [6, 6.07) is 1.34. The van der Waals surface area contributed by atoms with Crippen molar-refractivity contribution in [3.63, 3.8) is 0 Å². The summed E-state index contributed by atoms with van der Waals surface area (Å²) in [4.78, 5) is 16.2. The first-order valence-corrected chi connectivity index (χ1v) is 7.90. The van der Waals surface area contributed by atoms with E-state index in [4.69, 9.17) is 27.9 Å². The number of nitrogens with zero attached hydrogens (tertiary/aromatic N) is 2. The van der Waals surface area contributed by atoms with Crippen LogP contribution in [0.15, 0.2) is 24.7 Å². The Hall–Kier alpha value is -2.25. The van der Waals surface area contributed by atoms with Crippen LogP contribution < -0.4 is 14.8 Å². The molecule has 0 spiro atoms. The zero-order chi connectivity index (χ0) is 17.3. The highest BCUT2D eigenvalue weighted by atomic mass is 35.5. The van der Waals surface area contributed by atoms with Crippen LogP contribution in [-0.2, 0) is 0 Å². The summed E-state index contributed by atoms with van der Waals surface area (Å²) in [5, 5.41) is 23.5. The molecule has 7 nitrogen and oxygen atoms in total. The first-order valence-electron chi connectivity index (χ1n) is 7.15. The summed E-state index contributed by atoms with van der Waals surface area (Å²) < 4.78 is 5.93. The summed E-state index contributed by atoms with van der Waals surface area (Å²) in [6.07, 6.45) is 5.47. The van der Waals surface area contributed by atoms with Crippen molar-refractivity contribution >= 4 is 34.8 Å². The van der Waals surface area contributed by atoms with E-state index in [0.29, 0.717) is 17.3 Å². The highest BCUT2D eigenvalue weighted by Gasteiger charge is 2.23. The van der Waals surface area contributed by atoms with Crippen LogP contribution in [0.2, 0.25) is 10.0 Å². The fraction of sp³-hybridized carbons (Fsp3) is 0.267. The van der Waals surface area contributed by atoms with E-state index in [9.17, 15) is 15.1 Å². The number of amides is 1. The quantitative estimate of drug-likeness (QED) is 0.623. The number of nitrogens with one attached hydrogen (secondary N) is 1. The maximum atomic E-state index is 12.3. The second-order valence-corrected chi connectivity index (χ2v) is 6.25. The fourth-order valence-electron chi connectivity index (χ4n) is 1.96. The molecule has 0 aromatic carbocycles. The van der Waals surface area contributed by atoms with Gasteiger partial charge in [-0.1, -0.05) is 23.2 Å². The van der Waals surface area contributed by atoms with E-state index < -0.39 is 5.91 Å². The number of carbonyl (C=O) groups is 1. The highest BCUT2D eigenvalue weighted by Crippen LogP contribution is 2.33. The molecule has 1 saturated carbocycles. The first kappa shape index (κ1) is 16.6. The van der Waals surface area contributed by atoms with Crippen LogP contribution in [0.25, 0.3) is 0 Å². The Morgan fingerprint density at radius 3 is 2.71 bits per heavy atom. The summed E-state index contributed by atoms with van der Waals surface area (Å²) in [7, 11) is 0. The molecule has 24 heavy (non-hydrogen) atoms. The lowest BCUT2D eigenvalue weighted by Crippen LogP contribution is -2.25. The third-order valence-corrected chi connectivity index (χ3v) is 4.02. The van der Waals surface area contributed by atoms with Gasteiger partial charge in [-0.3, -0.25) is 4.79 Å². The Labute approximate surface area is 147 Å². The van der Waals surface area contributed by atoms with Crippen molar-refractivity contribution in [2.24, 2.45) is 5.92 Å². The largest absolute Gasteiger partial charge is 0.619 e. The number of anilines is 1. The van der Waals surface area contributed by atoms with Crippen molar-refractivity contribution in [3.8, 4) is 11.5 Å². The van der Waals surface area contributed by atoms with Gasteiger partial charge in [-0.25, -0.2) is 4.98 Å². The minimum absolute atomic E-state index is 0.00478. The number of hydrogen-bond acceptors (Lipinski definition) is 5. The number of carbonyl (C=O) groups excluding carboxylic acids is 1. The minimum atomic E-state index is -0.598. The number of rotatable bonds is 5. The third-order valence-electron chi connectivity index (χ3n) is 3.45. The van der Waals surface area contributed by atoms with Crippen molar-refractivity contribution in [2.75, 3.05) is 11.9 Å². The Kier molecular flexibility index (Phi) is 4.64. The Bertz CT molecular complexity index is 773. The lowest BCUT2D eigenvalue weighted by atomic mass is 10.3. The predicted octanol–water partition coefficient (Wildman–Crippen LogP) is 2.77. The van der Waals surface area contributed by atoms with Crippen molar-refractivity contribution in [1.29, 1.82) is 0 Å². The molecule has 2 aromatic rings. The number of halogens is 2. The van der Waals surface area contributed by atoms with Crippen LogP contribution in [0.3, 0.4) is 0 Å². The Balaban J connectivity index is 1.78. The molecule has 2 N–H and O–H groups in total. The van der Waals surface area contributed by atoms with Gasteiger partial charge in [-0.2, -0.15) is 4.73 Å². The molecular weight excluding hydrogens is 357 g/mol. The summed E-state index contributed by atoms with van der Waals surface area (Å²) in [5.41, 5.74) is 0.121. The van der Waals surface area contributed by atoms with Gasteiger partial charge in [0.15, 0.2) is 11.5 Å². The maximum absolute atomic E-state index is 12.3. The topological polar surface area (TPSA) is 98.4 Å². The molecule has 0 unspecified atom stereocenters. The van der Waals surface area contributed by atoms with Crippen molar-refractivity contribution in [1.82, 2.24) is 4.98 Å². The van der Waals surface area contributed by atoms with Crippen LogP contribution in [0.4, 0.5) is 5.69 Å². The second-order valence-electron chi connectivity index (χ2n) is 5.43. The summed E-state index contributed by atoms with van der Waals surface area (Å²) in [6.45, 7) is 0.485. The van der Waals surface area contributed by atoms with E-state index in [1.54, 1.807) is 0 Å². The summed E-state index contributed by atoms with van der Waals surface area (Å²) >= 11 is 11.8. The van der Waals surface area contributed by atoms with Crippen molar-refractivity contribution < 1.29 is 19.4 Å². The molecule has 0 aliphatic heterocycles. The third kappa shape index (κ3) is 3.80. The zero-order valence-corrected chi connectivity index (χ0v) is 13.8. The smallest absolute Gasteiger partial charge is 0.274 e. The van der Waals surface area contributed by atoms with Gasteiger partial charge in [0.05, 0.1) is 18.5 Å². The molecule has 0 radical (unpaired) electrons.